The summed E-state index contributed by atoms with van der Waals surface area (Å²) < 4.78 is 5.54. The van der Waals surface area contributed by atoms with E-state index in [1.807, 2.05) is 52.0 Å². The van der Waals surface area contributed by atoms with Crippen molar-refractivity contribution in [3.8, 4) is 0 Å². The lowest BCUT2D eigenvalue weighted by Crippen LogP contribution is -2.34. The second kappa shape index (κ2) is 7.26. The minimum atomic E-state index is -0.212. The van der Waals surface area contributed by atoms with Crippen LogP contribution in [0.4, 0.5) is 5.69 Å². The molecule has 106 valence electrons. The zero-order valence-electron chi connectivity index (χ0n) is 12.1. The maximum atomic E-state index is 11.9. The highest BCUT2D eigenvalue weighted by molar-refractivity contribution is 5.92. The summed E-state index contributed by atoms with van der Waals surface area (Å²) in [5, 5.41) is 2.88. The van der Waals surface area contributed by atoms with Crippen LogP contribution in [0, 0.1) is 5.92 Å². The highest BCUT2D eigenvalue weighted by atomic mass is 16.5. The largest absolute Gasteiger partial charge is 0.374 e. The highest BCUT2D eigenvalue weighted by Crippen LogP contribution is 2.14. The standard InChI is InChI=1S/C15H24N2O2/c1-10(2)19-9-13-6-5-7-14(8-13)17-15(18)11(3)12(4)16/h5-8,10-12H,9,16H2,1-4H3,(H,17,18). The summed E-state index contributed by atoms with van der Waals surface area (Å²) in [4.78, 5) is 11.9. The molecule has 0 heterocycles. The Morgan fingerprint density at radius 3 is 2.58 bits per heavy atom. The van der Waals surface area contributed by atoms with E-state index in [1.165, 1.54) is 0 Å². The second-order valence-corrected chi connectivity index (χ2v) is 5.20. The van der Waals surface area contributed by atoms with Gasteiger partial charge in [0.1, 0.15) is 0 Å². The molecule has 1 aromatic carbocycles. The van der Waals surface area contributed by atoms with Crippen molar-refractivity contribution in [2.75, 3.05) is 5.32 Å². The van der Waals surface area contributed by atoms with E-state index in [1.54, 1.807) is 0 Å². The van der Waals surface area contributed by atoms with Crippen LogP contribution in [0.5, 0.6) is 0 Å². The van der Waals surface area contributed by atoms with Crippen LogP contribution in [0.25, 0.3) is 0 Å². The van der Waals surface area contributed by atoms with Gasteiger partial charge in [-0.2, -0.15) is 0 Å². The molecule has 0 saturated heterocycles. The third-order valence-electron chi connectivity index (χ3n) is 2.98. The molecule has 1 aromatic rings. The van der Waals surface area contributed by atoms with Gasteiger partial charge in [0.15, 0.2) is 0 Å². The third-order valence-corrected chi connectivity index (χ3v) is 2.98. The molecule has 0 radical (unpaired) electrons. The fourth-order valence-corrected chi connectivity index (χ4v) is 1.50. The molecule has 0 fully saturated rings. The van der Waals surface area contributed by atoms with Gasteiger partial charge in [-0.1, -0.05) is 19.1 Å². The van der Waals surface area contributed by atoms with Gasteiger partial charge in [-0.25, -0.2) is 0 Å². The van der Waals surface area contributed by atoms with Crippen LogP contribution in [0.1, 0.15) is 33.3 Å². The summed E-state index contributed by atoms with van der Waals surface area (Å²) >= 11 is 0. The van der Waals surface area contributed by atoms with Crippen molar-refractivity contribution in [1.29, 1.82) is 0 Å². The SMILES string of the molecule is CC(C)OCc1cccc(NC(=O)C(C)C(C)N)c1. The first kappa shape index (κ1) is 15.7. The number of ether oxygens (including phenoxy) is 1. The lowest BCUT2D eigenvalue weighted by Gasteiger charge is -2.16. The molecule has 4 nitrogen and oxygen atoms in total. The van der Waals surface area contributed by atoms with Crippen molar-refractivity contribution in [2.45, 2.75) is 46.4 Å². The molecule has 0 spiro atoms. The molecule has 0 saturated carbocycles. The van der Waals surface area contributed by atoms with Crippen LogP contribution in [0.2, 0.25) is 0 Å². The molecule has 4 heteroatoms. The Morgan fingerprint density at radius 2 is 2.00 bits per heavy atom. The Bertz CT molecular complexity index is 416. The summed E-state index contributed by atoms with van der Waals surface area (Å²) in [6, 6.07) is 7.52. The van der Waals surface area contributed by atoms with E-state index in [0.29, 0.717) is 6.61 Å². The zero-order chi connectivity index (χ0) is 14.4. The van der Waals surface area contributed by atoms with Crippen LogP contribution in [0.15, 0.2) is 24.3 Å². The maximum Gasteiger partial charge on any atom is 0.228 e. The van der Waals surface area contributed by atoms with Crippen molar-refractivity contribution in [1.82, 2.24) is 0 Å². The number of hydrogen-bond donors (Lipinski definition) is 2. The minimum Gasteiger partial charge on any atom is -0.374 e. The lowest BCUT2D eigenvalue weighted by atomic mass is 10.0. The average molecular weight is 264 g/mol. The summed E-state index contributed by atoms with van der Waals surface area (Å²) in [6.07, 6.45) is 0.191. The van der Waals surface area contributed by atoms with Crippen LogP contribution < -0.4 is 11.1 Å². The van der Waals surface area contributed by atoms with E-state index < -0.39 is 0 Å². The molecule has 1 rings (SSSR count). The van der Waals surface area contributed by atoms with E-state index in [9.17, 15) is 4.79 Å². The number of nitrogens with one attached hydrogen (secondary N) is 1. The molecule has 0 aliphatic heterocycles. The van der Waals surface area contributed by atoms with E-state index >= 15 is 0 Å². The fourth-order valence-electron chi connectivity index (χ4n) is 1.50. The first-order valence-electron chi connectivity index (χ1n) is 6.67. The predicted molar refractivity (Wildman–Crippen MR) is 77.8 cm³/mol. The molecule has 3 N–H and O–H groups in total. The zero-order valence-corrected chi connectivity index (χ0v) is 12.1. The molecule has 2 atom stereocenters. The topological polar surface area (TPSA) is 64.3 Å². The van der Waals surface area contributed by atoms with Gasteiger partial charge < -0.3 is 15.8 Å². The second-order valence-electron chi connectivity index (χ2n) is 5.20. The molecule has 1 amide bonds. The molecule has 0 aliphatic carbocycles. The van der Waals surface area contributed by atoms with E-state index in [2.05, 4.69) is 5.32 Å². The normalized spacial score (nSPS) is 14.2. The van der Waals surface area contributed by atoms with E-state index in [0.717, 1.165) is 11.3 Å². The first-order chi connectivity index (χ1) is 8.90. The van der Waals surface area contributed by atoms with Gasteiger partial charge in [0.2, 0.25) is 5.91 Å². The van der Waals surface area contributed by atoms with Gasteiger partial charge in [0.25, 0.3) is 0 Å². The van der Waals surface area contributed by atoms with Crippen LogP contribution in [-0.2, 0) is 16.1 Å². The Labute approximate surface area is 115 Å². The first-order valence-corrected chi connectivity index (χ1v) is 6.67. The molecule has 2 unspecified atom stereocenters. The molecular weight excluding hydrogens is 240 g/mol. The number of rotatable bonds is 6. The van der Waals surface area contributed by atoms with Crippen molar-refractivity contribution in [3.63, 3.8) is 0 Å². The maximum absolute atomic E-state index is 11.9. The highest BCUT2D eigenvalue weighted by Gasteiger charge is 2.16. The number of hydrogen-bond acceptors (Lipinski definition) is 3. The predicted octanol–water partition coefficient (Wildman–Crippen LogP) is 2.53. The molecule has 19 heavy (non-hydrogen) atoms. The molecule has 0 bridgehead atoms. The van der Waals surface area contributed by atoms with E-state index in [-0.39, 0.29) is 24.0 Å². The smallest absolute Gasteiger partial charge is 0.228 e. The van der Waals surface area contributed by atoms with Crippen LogP contribution in [-0.4, -0.2) is 18.1 Å². The quantitative estimate of drug-likeness (QED) is 0.830. The number of amides is 1. The van der Waals surface area contributed by atoms with Crippen molar-refractivity contribution < 1.29 is 9.53 Å². The van der Waals surface area contributed by atoms with Crippen molar-refractivity contribution >= 4 is 11.6 Å². The monoisotopic (exact) mass is 264 g/mol. The average Bonchev–Trinajstić information content (AvgIpc) is 2.35. The summed E-state index contributed by atoms with van der Waals surface area (Å²) in [6.45, 7) is 8.19. The number of nitrogens with two attached hydrogens (primary N) is 1. The van der Waals surface area contributed by atoms with Crippen LogP contribution in [0.3, 0.4) is 0 Å². The number of anilines is 1. The third kappa shape index (κ3) is 5.41. The van der Waals surface area contributed by atoms with Crippen LogP contribution >= 0.6 is 0 Å². The number of carbonyl (C=O) groups is 1. The van der Waals surface area contributed by atoms with Crippen molar-refractivity contribution in [2.24, 2.45) is 11.7 Å². The Kier molecular flexibility index (Phi) is 5.99. The molecule has 0 aromatic heterocycles. The van der Waals surface area contributed by atoms with Crippen molar-refractivity contribution in [3.05, 3.63) is 29.8 Å². The summed E-state index contributed by atoms with van der Waals surface area (Å²) in [7, 11) is 0. The Hall–Kier alpha value is -1.39. The van der Waals surface area contributed by atoms with E-state index in [4.69, 9.17) is 10.5 Å². The Morgan fingerprint density at radius 1 is 1.32 bits per heavy atom. The Balaban J connectivity index is 2.64. The van der Waals surface area contributed by atoms with Gasteiger partial charge in [0.05, 0.1) is 18.6 Å². The lowest BCUT2D eigenvalue weighted by molar-refractivity contribution is -0.119. The molecule has 0 aliphatic rings. The molecular formula is C15H24N2O2. The fraction of sp³-hybridized carbons (Fsp3) is 0.533. The van der Waals surface area contributed by atoms with Gasteiger partial charge in [-0.05, 0) is 38.5 Å². The minimum absolute atomic E-state index is 0.0584. The van der Waals surface area contributed by atoms with Gasteiger partial charge in [-0.15, -0.1) is 0 Å². The van der Waals surface area contributed by atoms with Gasteiger partial charge >= 0.3 is 0 Å². The number of carbonyl (C=O) groups excluding carboxylic acids is 1. The van der Waals surface area contributed by atoms with Gasteiger partial charge in [0, 0.05) is 11.7 Å². The number of benzene rings is 1. The summed E-state index contributed by atoms with van der Waals surface area (Å²) in [5.74, 6) is -0.271. The summed E-state index contributed by atoms with van der Waals surface area (Å²) in [5.41, 5.74) is 7.54. The van der Waals surface area contributed by atoms with Gasteiger partial charge in [-0.3, -0.25) is 4.79 Å².